The minimum Gasteiger partial charge on any atom is -0.388 e. The van der Waals surface area contributed by atoms with Gasteiger partial charge in [0.2, 0.25) is 5.28 Å². The minimum atomic E-state index is -0.571. The second-order valence-corrected chi connectivity index (χ2v) is 5.27. The van der Waals surface area contributed by atoms with E-state index in [0.717, 1.165) is 37.1 Å². The van der Waals surface area contributed by atoms with Gasteiger partial charge in [0, 0.05) is 25.4 Å². The van der Waals surface area contributed by atoms with Crippen LogP contribution in [0.15, 0.2) is 6.20 Å². The third-order valence-electron chi connectivity index (χ3n) is 3.34. The number of nitrogens with zero attached hydrogens (tertiary/aromatic N) is 3. The van der Waals surface area contributed by atoms with E-state index in [-0.39, 0.29) is 5.28 Å². The van der Waals surface area contributed by atoms with Crippen LogP contribution in [0.3, 0.4) is 0 Å². The molecular formula is C12H18ClN3O. The van der Waals surface area contributed by atoms with Crippen LogP contribution in [-0.4, -0.2) is 34.3 Å². The summed E-state index contributed by atoms with van der Waals surface area (Å²) in [4.78, 5) is 10.1. The second-order valence-electron chi connectivity index (χ2n) is 4.93. The van der Waals surface area contributed by atoms with Crippen molar-refractivity contribution in [2.75, 3.05) is 18.5 Å². The topological polar surface area (TPSA) is 49.2 Å². The molecule has 0 atom stereocenters. The van der Waals surface area contributed by atoms with E-state index in [4.69, 9.17) is 11.6 Å². The van der Waals surface area contributed by atoms with E-state index >= 15 is 0 Å². The van der Waals surface area contributed by atoms with Crippen LogP contribution in [0, 0.1) is 6.92 Å². The van der Waals surface area contributed by atoms with Gasteiger partial charge < -0.3 is 10.0 Å². The highest BCUT2D eigenvalue weighted by Gasteiger charge is 2.32. The van der Waals surface area contributed by atoms with Crippen LogP contribution in [0.1, 0.15) is 31.2 Å². The Morgan fingerprint density at radius 2 is 2.12 bits per heavy atom. The summed E-state index contributed by atoms with van der Waals surface area (Å²) in [5.41, 5.74) is 0.400. The molecule has 17 heavy (non-hydrogen) atoms. The van der Waals surface area contributed by atoms with Crippen molar-refractivity contribution in [1.82, 2.24) is 9.97 Å². The van der Waals surface area contributed by atoms with Crippen molar-refractivity contribution >= 4 is 17.4 Å². The fraction of sp³-hybridized carbons (Fsp3) is 0.667. The quantitative estimate of drug-likeness (QED) is 0.841. The monoisotopic (exact) mass is 255 g/mol. The van der Waals surface area contributed by atoms with E-state index < -0.39 is 5.60 Å². The summed E-state index contributed by atoms with van der Waals surface area (Å²) in [6.07, 6.45) is 5.66. The van der Waals surface area contributed by atoms with Gasteiger partial charge in [0.1, 0.15) is 5.82 Å². The lowest BCUT2D eigenvalue weighted by molar-refractivity contribution is 0.0557. The second kappa shape index (κ2) is 4.78. The Bertz CT molecular complexity index is 405. The van der Waals surface area contributed by atoms with Gasteiger partial charge in [0.25, 0.3) is 0 Å². The average molecular weight is 256 g/mol. The van der Waals surface area contributed by atoms with Crippen LogP contribution in [-0.2, 0) is 0 Å². The lowest BCUT2D eigenvalue weighted by atomic mass is 10.0. The number of aromatic nitrogens is 2. The van der Waals surface area contributed by atoms with Crippen molar-refractivity contribution in [3.8, 4) is 0 Å². The molecule has 0 aliphatic heterocycles. The van der Waals surface area contributed by atoms with Crippen LogP contribution >= 0.6 is 11.6 Å². The molecule has 4 nitrogen and oxygen atoms in total. The van der Waals surface area contributed by atoms with Crippen molar-refractivity contribution in [1.29, 1.82) is 0 Å². The first-order valence-electron chi connectivity index (χ1n) is 5.93. The molecule has 0 radical (unpaired) electrons. The van der Waals surface area contributed by atoms with Crippen molar-refractivity contribution in [2.45, 2.75) is 38.2 Å². The van der Waals surface area contributed by atoms with Gasteiger partial charge >= 0.3 is 0 Å². The van der Waals surface area contributed by atoms with Crippen LogP contribution in [0.2, 0.25) is 5.28 Å². The maximum absolute atomic E-state index is 10.4. The third-order valence-corrected chi connectivity index (χ3v) is 3.53. The maximum atomic E-state index is 10.4. The first-order valence-corrected chi connectivity index (χ1v) is 6.31. The van der Waals surface area contributed by atoms with Crippen LogP contribution in [0.4, 0.5) is 5.82 Å². The van der Waals surface area contributed by atoms with E-state index in [1.807, 2.05) is 18.9 Å². The third kappa shape index (κ3) is 2.87. The average Bonchev–Trinajstić information content (AvgIpc) is 2.68. The molecule has 0 saturated heterocycles. The number of aryl methyl sites for hydroxylation is 1. The van der Waals surface area contributed by atoms with E-state index in [1.54, 1.807) is 6.20 Å². The summed E-state index contributed by atoms with van der Waals surface area (Å²) in [6.45, 7) is 2.54. The normalized spacial score (nSPS) is 18.4. The Balaban J connectivity index is 2.13. The number of aliphatic hydroxyl groups is 1. The van der Waals surface area contributed by atoms with Crippen molar-refractivity contribution in [3.05, 3.63) is 17.0 Å². The Hall–Kier alpha value is -0.870. The first-order chi connectivity index (χ1) is 8.00. The van der Waals surface area contributed by atoms with Gasteiger partial charge in [-0.15, -0.1) is 0 Å². The van der Waals surface area contributed by atoms with E-state index in [9.17, 15) is 5.11 Å². The fourth-order valence-electron chi connectivity index (χ4n) is 2.51. The lowest BCUT2D eigenvalue weighted by Crippen LogP contribution is -2.39. The van der Waals surface area contributed by atoms with Gasteiger partial charge in [0.15, 0.2) is 0 Å². The molecule has 5 heteroatoms. The van der Waals surface area contributed by atoms with E-state index in [2.05, 4.69) is 9.97 Å². The highest BCUT2D eigenvalue weighted by molar-refractivity contribution is 6.28. The molecule has 1 aliphatic rings. The summed E-state index contributed by atoms with van der Waals surface area (Å²) in [5.74, 6) is 0.797. The van der Waals surface area contributed by atoms with E-state index in [1.165, 1.54) is 0 Å². The summed E-state index contributed by atoms with van der Waals surface area (Å²) < 4.78 is 0. The van der Waals surface area contributed by atoms with Crippen LogP contribution in [0.5, 0.6) is 0 Å². The Morgan fingerprint density at radius 3 is 2.76 bits per heavy atom. The standard InChI is InChI=1S/C12H18ClN3O/c1-9-7-14-11(13)15-10(9)16(2)8-12(17)5-3-4-6-12/h7,17H,3-6,8H2,1-2H3. The molecule has 1 fully saturated rings. The van der Waals surface area contributed by atoms with Crippen molar-refractivity contribution in [2.24, 2.45) is 0 Å². The van der Waals surface area contributed by atoms with Gasteiger partial charge in [-0.2, -0.15) is 0 Å². The molecular weight excluding hydrogens is 238 g/mol. The number of hydrogen-bond donors (Lipinski definition) is 1. The number of rotatable bonds is 3. The predicted octanol–water partition coefficient (Wildman–Crippen LogP) is 2.18. The van der Waals surface area contributed by atoms with Gasteiger partial charge in [-0.05, 0) is 31.4 Å². The zero-order valence-corrected chi connectivity index (χ0v) is 11.0. The molecule has 0 spiro atoms. The fourth-order valence-corrected chi connectivity index (χ4v) is 2.64. The molecule has 1 aliphatic carbocycles. The first kappa shape index (κ1) is 12.6. The molecule has 0 bridgehead atoms. The van der Waals surface area contributed by atoms with Crippen LogP contribution in [0.25, 0.3) is 0 Å². The van der Waals surface area contributed by atoms with Gasteiger partial charge in [-0.3, -0.25) is 0 Å². The largest absolute Gasteiger partial charge is 0.388 e. The summed E-state index contributed by atoms with van der Waals surface area (Å²) in [7, 11) is 1.93. The molecule has 1 saturated carbocycles. The highest BCUT2D eigenvalue weighted by Crippen LogP contribution is 2.31. The SMILES string of the molecule is Cc1cnc(Cl)nc1N(C)CC1(O)CCCC1. The number of hydrogen-bond acceptors (Lipinski definition) is 4. The van der Waals surface area contributed by atoms with Crippen molar-refractivity contribution < 1.29 is 5.11 Å². The molecule has 1 heterocycles. The Morgan fingerprint density at radius 1 is 1.47 bits per heavy atom. The molecule has 1 aromatic rings. The smallest absolute Gasteiger partial charge is 0.224 e. The predicted molar refractivity (Wildman–Crippen MR) is 68.5 cm³/mol. The number of halogens is 1. The molecule has 94 valence electrons. The molecule has 0 aromatic carbocycles. The Kier molecular flexibility index (Phi) is 3.54. The zero-order valence-electron chi connectivity index (χ0n) is 10.3. The molecule has 0 unspecified atom stereocenters. The zero-order chi connectivity index (χ0) is 12.5. The lowest BCUT2D eigenvalue weighted by Gasteiger charge is -2.30. The van der Waals surface area contributed by atoms with Gasteiger partial charge in [-0.1, -0.05) is 12.8 Å². The highest BCUT2D eigenvalue weighted by atomic mass is 35.5. The number of anilines is 1. The van der Waals surface area contributed by atoms with Crippen LogP contribution < -0.4 is 4.90 Å². The summed E-state index contributed by atoms with van der Waals surface area (Å²) in [6, 6.07) is 0. The molecule has 0 amide bonds. The Labute approximate surface area is 107 Å². The molecule has 2 rings (SSSR count). The summed E-state index contributed by atoms with van der Waals surface area (Å²) >= 11 is 5.80. The minimum absolute atomic E-state index is 0.246. The summed E-state index contributed by atoms with van der Waals surface area (Å²) in [5, 5.41) is 10.6. The number of likely N-dealkylation sites (N-methyl/N-ethyl adjacent to an activating group) is 1. The van der Waals surface area contributed by atoms with E-state index in [0.29, 0.717) is 6.54 Å². The van der Waals surface area contributed by atoms with Crippen molar-refractivity contribution in [3.63, 3.8) is 0 Å². The molecule has 1 N–H and O–H groups in total. The van der Waals surface area contributed by atoms with Gasteiger partial charge in [-0.25, -0.2) is 9.97 Å². The molecule has 1 aromatic heterocycles. The maximum Gasteiger partial charge on any atom is 0.224 e. The van der Waals surface area contributed by atoms with Gasteiger partial charge in [0.05, 0.1) is 5.60 Å².